The van der Waals surface area contributed by atoms with Gasteiger partial charge in [-0.3, -0.25) is 9.59 Å². The molecule has 3 N–H and O–H groups in total. The summed E-state index contributed by atoms with van der Waals surface area (Å²) in [7, 11) is 0. The lowest BCUT2D eigenvalue weighted by Gasteiger charge is -2.16. The van der Waals surface area contributed by atoms with E-state index in [1.165, 1.54) is 0 Å². The smallest absolute Gasteiger partial charge is 0.270 e. The fourth-order valence-electron chi connectivity index (χ4n) is 3.35. The molecule has 1 aromatic carbocycles. The van der Waals surface area contributed by atoms with Gasteiger partial charge in [0.25, 0.3) is 5.91 Å². The van der Waals surface area contributed by atoms with Gasteiger partial charge in [-0.15, -0.1) is 0 Å². The van der Waals surface area contributed by atoms with E-state index in [0.717, 1.165) is 42.5 Å². The number of benzene rings is 1. The summed E-state index contributed by atoms with van der Waals surface area (Å²) in [5, 5.41) is 3.39. The van der Waals surface area contributed by atoms with Crippen LogP contribution in [-0.2, 0) is 4.79 Å². The summed E-state index contributed by atoms with van der Waals surface area (Å²) in [5.74, 6) is 0.0943. The average molecular weight is 384 g/mol. The minimum absolute atomic E-state index is 0.288. The van der Waals surface area contributed by atoms with Crippen LogP contribution >= 0.6 is 11.6 Å². The van der Waals surface area contributed by atoms with Crippen molar-refractivity contribution in [2.24, 2.45) is 11.7 Å². The Hall–Kier alpha value is -2.40. The third-order valence-electron chi connectivity index (χ3n) is 5.19. The Labute approximate surface area is 163 Å². The van der Waals surface area contributed by atoms with E-state index in [-0.39, 0.29) is 11.6 Å². The Kier molecular flexibility index (Phi) is 4.87. The fourth-order valence-corrected chi connectivity index (χ4v) is 3.54. The molecule has 4 rings (SSSR count). The van der Waals surface area contributed by atoms with Gasteiger partial charge in [-0.1, -0.05) is 42.6 Å². The fraction of sp³-hybridized carbons (Fsp3) is 0.381. The van der Waals surface area contributed by atoms with Crippen molar-refractivity contribution in [3.63, 3.8) is 0 Å². The Morgan fingerprint density at radius 2 is 1.96 bits per heavy atom. The maximum atomic E-state index is 12.7. The van der Waals surface area contributed by atoms with Crippen LogP contribution in [0, 0.1) is 5.92 Å². The maximum absolute atomic E-state index is 12.7. The van der Waals surface area contributed by atoms with Crippen molar-refractivity contribution in [3.8, 4) is 11.3 Å². The summed E-state index contributed by atoms with van der Waals surface area (Å²) >= 11 is 6.14. The van der Waals surface area contributed by atoms with Gasteiger partial charge in [0.15, 0.2) is 0 Å². The molecular weight excluding hydrogens is 362 g/mol. The molecule has 2 aromatic rings. The summed E-state index contributed by atoms with van der Waals surface area (Å²) in [4.78, 5) is 29.0. The van der Waals surface area contributed by atoms with Gasteiger partial charge in [-0.2, -0.15) is 0 Å². The Morgan fingerprint density at radius 3 is 2.59 bits per heavy atom. The lowest BCUT2D eigenvalue weighted by Crippen LogP contribution is -2.45. The van der Waals surface area contributed by atoms with Crippen molar-refractivity contribution in [2.75, 3.05) is 0 Å². The van der Waals surface area contributed by atoms with E-state index in [1.54, 1.807) is 6.07 Å². The summed E-state index contributed by atoms with van der Waals surface area (Å²) < 4.78 is 0. The van der Waals surface area contributed by atoms with Gasteiger partial charge in [-0.25, -0.2) is 4.98 Å². The Bertz CT molecular complexity index is 891. The first-order valence-electron chi connectivity index (χ1n) is 9.38. The number of hydrogen-bond donors (Lipinski definition) is 2. The van der Waals surface area contributed by atoms with Crippen LogP contribution in [0.5, 0.6) is 0 Å². The molecule has 1 heterocycles. The molecule has 2 aliphatic rings. The first-order chi connectivity index (χ1) is 13.0. The van der Waals surface area contributed by atoms with Crippen molar-refractivity contribution in [2.45, 2.75) is 44.1 Å². The van der Waals surface area contributed by atoms with Crippen LogP contribution in [0.2, 0.25) is 5.02 Å². The van der Waals surface area contributed by atoms with E-state index in [9.17, 15) is 9.59 Å². The quantitative estimate of drug-likeness (QED) is 0.765. The summed E-state index contributed by atoms with van der Waals surface area (Å²) in [6.07, 6.45) is 5.04. The van der Waals surface area contributed by atoms with Crippen molar-refractivity contribution < 1.29 is 9.59 Å². The van der Waals surface area contributed by atoms with Gasteiger partial charge in [0, 0.05) is 10.6 Å². The molecular formula is C21H22ClN3O2. The maximum Gasteiger partial charge on any atom is 0.270 e. The van der Waals surface area contributed by atoms with Gasteiger partial charge in [-0.05, 0) is 54.9 Å². The van der Waals surface area contributed by atoms with Crippen LogP contribution in [-0.4, -0.2) is 22.8 Å². The zero-order valence-corrected chi connectivity index (χ0v) is 15.7. The summed E-state index contributed by atoms with van der Waals surface area (Å²) in [6, 6.07) is 10.5. The van der Waals surface area contributed by atoms with E-state index in [0.29, 0.717) is 23.3 Å². The monoisotopic (exact) mass is 383 g/mol. The molecule has 1 unspecified atom stereocenters. The van der Waals surface area contributed by atoms with Crippen LogP contribution in [0.15, 0.2) is 36.4 Å². The molecule has 2 amide bonds. The van der Waals surface area contributed by atoms with E-state index in [1.807, 2.05) is 30.3 Å². The van der Waals surface area contributed by atoms with Crippen LogP contribution in [0.3, 0.4) is 0 Å². The first-order valence-corrected chi connectivity index (χ1v) is 9.76. The molecule has 2 saturated carbocycles. The first kappa shape index (κ1) is 18.0. The number of amides is 2. The number of rotatable bonds is 7. The highest BCUT2D eigenvalue weighted by Crippen LogP contribution is 2.44. The molecule has 1 aromatic heterocycles. The number of nitrogens with two attached hydrogens (primary N) is 1. The number of nitrogens with zero attached hydrogens (tertiary/aromatic N) is 1. The van der Waals surface area contributed by atoms with Crippen LogP contribution < -0.4 is 11.1 Å². The highest BCUT2D eigenvalue weighted by molar-refractivity contribution is 6.30. The number of carbonyl (C=O) groups is 2. The number of aromatic nitrogens is 1. The second-order valence-electron chi connectivity index (χ2n) is 7.53. The average Bonchev–Trinajstić information content (AvgIpc) is 3.54. The number of pyridine rings is 1. The molecule has 0 bridgehead atoms. The lowest BCUT2D eigenvalue weighted by atomic mass is 10.0. The van der Waals surface area contributed by atoms with Crippen molar-refractivity contribution >= 4 is 23.4 Å². The van der Waals surface area contributed by atoms with Gasteiger partial charge >= 0.3 is 0 Å². The third-order valence-corrected chi connectivity index (χ3v) is 5.42. The molecule has 2 aliphatic carbocycles. The number of primary amides is 1. The van der Waals surface area contributed by atoms with Crippen molar-refractivity contribution in [1.82, 2.24) is 10.3 Å². The predicted octanol–water partition coefficient (Wildman–Crippen LogP) is 3.66. The molecule has 0 aliphatic heterocycles. The topological polar surface area (TPSA) is 85.1 Å². The minimum atomic E-state index is -0.649. The summed E-state index contributed by atoms with van der Waals surface area (Å²) in [5.41, 5.74) is 8.56. The number of carbonyl (C=O) groups excluding carboxylic acids is 2. The number of halogens is 1. The molecule has 5 nitrogen and oxygen atoms in total. The molecule has 0 radical (unpaired) electrons. The number of nitrogens with one attached hydrogen (secondary N) is 1. The predicted molar refractivity (Wildman–Crippen MR) is 104 cm³/mol. The van der Waals surface area contributed by atoms with Crippen LogP contribution in [0.25, 0.3) is 11.3 Å². The van der Waals surface area contributed by atoms with Gasteiger partial charge in [0.2, 0.25) is 5.91 Å². The van der Waals surface area contributed by atoms with Crippen molar-refractivity contribution in [1.29, 1.82) is 0 Å². The third kappa shape index (κ3) is 4.30. The molecule has 2 fully saturated rings. The molecule has 1 atom stereocenters. The normalized spacial score (nSPS) is 17.4. The zero-order chi connectivity index (χ0) is 19.0. The number of hydrogen-bond acceptors (Lipinski definition) is 3. The van der Waals surface area contributed by atoms with Crippen LogP contribution in [0.1, 0.15) is 54.1 Å². The lowest BCUT2D eigenvalue weighted by molar-refractivity contribution is -0.120. The largest absolute Gasteiger partial charge is 0.368 e. The summed E-state index contributed by atoms with van der Waals surface area (Å²) in [6.45, 7) is 0. The molecule has 27 heavy (non-hydrogen) atoms. The van der Waals surface area contributed by atoms with E-state index >= 15 is 0 Å². The van der Waals surface area contributed by atoms with Gasteiger partial charge < -0.3 is 11.1 Å². The minimum Gasteiger partial charge on any atom is -0.368 e. The molecule has 0 spiro atoms. The Morgan fingerprint density at radius 1 is 1.19 bits per heavy atom. The Balaban J connectivity index is 1.61. The second-order valence-corrected chi connectivity index (χ2v) is 7.96. The van der Waals surface area contributed by atoms with E-state index in [4.69, 9.17) is 17.3 Å². The highest BCUT2D eigenvalue weighted by Gasteiger charge is 2.31. The zero-order valence-electron chi connectivity index (χ0n) is 15.0. The van der Waals surface area contributed by atoms with Gasteiger partial charge in [0.05, 0.1) is 5.69 Å². The van der Waals surface area contributed by atoms with Gasteiger partial charge in [0.1, 0.15) is 11.7 Å². The van der Waals surface area contributed by atoms with Crippen molar-refractivity contribution in [3.05, 3.63) is 52.7 Å². The molecule has 0 saturated heterocycles. The molecule has 6 heteroatoms. The highest BCUT2D eigenvalue weighted by atomic mass is 35.5. The SMILES string of the molecule is NC(=O)C(CC1CC1)NC(=O)c1ccc(C2CC2)c(-c2cccc(Cl)c2)n1. The van der Waals surface area contributed by atoms with Crippen LogP contribution in [0.4, 0.5) is 0 Å². The standard InChI is InChI=1S/C21H22ClN3O2/c22-15-3-1-2-14(11-15)19-16(13-6-7-13)8-9-17(24-19)21(27)25-18(20(23)26)10-12-4-5-12/h1-3,8-9,11-13,18H,4-7,10H2,(H2,23,26)(H,25,27). The van der Waals surface area contributed by atoms with E-state index in [2.05, 4.69) is 10.3 Å². The van der Waals surface area contributed by atoms with E-state index < -0.39 is 11.9 Å². The molecule has 140 valence electrons. The second kappa shape index (κ2) is 7.31.